The lowest BCUT2D eigenvalue weighted by Gasteiger charge is -2.09. The number of aromatic nitrogens is 4. The molecule has 0 fully saturated rings. The Kier molecular flexibility index (Phi) is 6.21. The highest BCUT2D eigenvalue weighted by molar-refractivity contribution is 7.98. The van der Waals surface area contributed by atoms with E-state index in [-0.39, 0.29) is 6.79 Å². The van der Waals surface area contributed by atoms with Crippen LogP contribution in [0.2, 0.25) is 0 Å². The molecule has 0 radical (unpaired) electrons. The van der Waals surface area contributed by atoms with Gasteiger partial charge in [0, 0.05) is 39.1 Å². The van der Waals surface area contributed by atoms with Crippen molar-refractivity contribution >= 4 is 34.4 Å². The van der Waals surface area contributed by atoms with Gasteiger partial charge in [-0.1, -0.05) is 25.6 Å². The van der Waals surface area contributed by atoms with Crippen LogP contribution in [0.1, 0.15) is 36.4 Å². The number of ether oxygens (including phenoxy) is 2. The van der Waals surface area contributed by atoms with Crippen molar-refractivity contribution in [3.05, 3.63) is 45.1 Å². The van der Waals surface area contributed by atoms with Gasteiger partial charge in [0.2, 0.25) is 6.79 Å². The first-order valence-corrected chi connectivity index (χ1v) is 13.4. The number of thiazole rings is 1. The van der Waals surface area contributed by atoms with Gasteiger partial charge in [-0.25, -0.2) is 4.98 Å². The van der Waals surface area contributed by atoms with Crippen LogP contribution in [0.5, 0.6) is 11.5 Å². The molecule has 4 aromatic rings. The number of thioether (sulfide) groups is 1. The van der Waals surface area contributed by atoms with Gasteiger partial charge in [-0.15, -0.1) is 32.9 Å². The zero-order chi connectivity index (χ0) is 22.1. The minimum atomic E-state index is 0.281. The van der Waals surface area contributed by atoms with E-state index in [4.69, 9.17) is 14.5 Å². The predicted octanol–water partition coefficient (Wildman–Crippen LogP) is 6.43. The molecule has 9 heteroatoms. The number of nitrogens with zero attached hydrogens (tertiary/aromatic N) is 4. The van der Waals surface area contributed by atoms with Crippen LogP contribution < -0.4 is 9.47 Å². The van der Waals surface area contributed by atoms with E-state index in [1.54, 1.807) is 34.4 Å². The van der Waals surface area contributed by atoms with Crippen molar-refractivity contribution in [3.63, 3.8) is 0 Å². The van der Waals surface area contributed by atoms with Crippen molar-refractivity contribution < 1.29 is 9.47 Å². The Morgan fingerprint density at radius 3 is 2.81 bits per heavy atom. The molecule has 0 saturated heterocycles. The quantitative estimate of drug-likeness (QED) is 0.269. The number of benzene rings is 1. The number of rotatable bonds is 8. The van der Waals surface area contributed by atoms with E-state index in [0.29, 0.717) is 0 Å². The first-order chi connectivity index (χ1) is 15.7. The molecule has 0 atom stereocenters. The van der Waals surface area contributed by atoms with Gasteiger partial charge in [-0.05, 0) is 43.5 Å². The minimum absolute atomic E-state index is 0.281. The number of hydrogen-bond acceptors (Lipinski definition) is 8. The van der Waals surface area contributed by atoms with Gasteiger partial charge in [0.15, 0.2) is 22.5 Å². The van der Waals surface area contributed by atoms with Crippen molar-refractivity contribution in [2.75, 3.05) is 6.79 Å². The van der Waals surface area contributed by atoms with Crippen LogP contribution in [-0.2, 0) is 18.7 Å². The van der Waals surface area contributed by atoms with Gasteiger partial charge in [-0.3, -0.25) is 0 Å². The lowest BCUT2D eigenvalue weighted by atomic mass is 10.1. The monoisotopic (exact) mass is 484 g/mol. The second kappa shape index (κ2) is 9.25. The molecule has 0 saturated carbocycles. The van der Waals surface area contributed by atoms with Crippen LogP contribution >= 0.6 is 34.4 Å². The summed E-state index contributed by atoms with van der Waals surface area (Å²) in [6.45, 7) is 7.76. The second-order valence-electron chi connectivity index (χ2n) is 7.50. The van der Waals surface area contributed by atoms with Crippen molar-refractivity contribution in [2.24, 2.45) is 0 Å². The largest absolute Gasteiger partial charge is 0.454 e. The van der Waals surface area contributed by atoms with Crippen LogP contribution in [0.4, 0.5) is 0 Å². The fourth-order valence-electron chi connectivity index (χ4n) is 3.80. The fourth-order valence-corrected chi connectivity index (χ4v) is 6.52. The summed E-state index contributed by atoms with van der Waals surface area (Å²) in [7, 11) is 0. The molecule has 0 bridgehead atoms. The highest BCUT2D eigenvalue weighted by atomic mass is 32.2. The Labute approximate surface area is 199 Å². The van der Waals surface area contributed by atoms with E-state index in [0.717, 1.165) is 63.9 Å². The number of aryl methyl sites for hydroxylation is 1. The lowest BCUT2D eigenvalue weighted by Crippen LogP contribution is -2.02. The summed E-state index contributed by atoms with van der Waals surface area (Å²) in [5, 5.41) is 15.4. The van der Waals surface area contributed by atoms with E-state index in [2.05, 4.69) is 46.3 Å². The Morgan fingerprint density at radius 2 is 1.97 bits per heavy atom. The first-order valence-electron chi connectivity index (χ1n) is 10.7. The molecule has 5 rings (SSSR count). The predicted molar refractivity (Wildman–Crippen MR) is 131 cm³/mol. The third-order valence-electron chi connectivity index (χ3n) is 5.38. The standard InChI is InChI=1S/C23H24N4O2S3/c1-4-8-27-21(18-12-30-14(3)17(18)5-2)25-26-23(27)32-11-16-10-31-22(24-16)15-6-7-19-20(9-15)29-13-28-19/h6-7,9-10,12H,4-5,8,11,13H2,1-3H3. The normalized spacial score (nSPS) is 12.6. The Morgan fingerprint density at radius 1 is 1.09 bits per heavy atom. The van der Waals surface area contributed by atoms with E-state index < -0.39 is 0 Å². The molecule has 1 aromatic carbocycles. The Balaban J connectivity index is 1.35. The minimum Gasteiger partial charge on any atom is -0.454 e. The SMILES string of the molecule is CCCn1c(SCc2csc(-c3ccc4c(c3)OCO4)n2)nnc1-c1csc(C)c1CC. The highest BCUT2D eigenvalue weighted by Crippen LogP contribution is 2.37. The molecule has 6 nitrogen and oxygen atoms in total. The summed E-state index contributed by atoms with van der Waals surface area (Å²) in [5.74, 6) is 3.31. The molecule has 0 N–H and O–H groups in total. The van der Waals surface area contributed by atoms with Gasteiger partial charge in [0.1, 0.15) is 5.01 Å². The first kappa shape index (κ1) is 21.5. The van der Waals surface area contributed by atoms with Crippen LogP contribution in [0.25, 0.3) is 22.0 Å². The lowest BCUT2D eigenvalue weighted by molar-refractivity contribution is 0.174. The maximum atomic E-state index is 5.50. The Bertz CT molecular complexity index is 1240. The van der Waals surface area contributed by atoms with Gasteiger partial charge in [0.05, 0.1) is 5.69 Å². The number of hydrogen-bond donors (Lipinski definition) is 0. The summed E-state index contributed by atoms with van der Waals surface area (Å²) in [6, 6.07) is 5.97. The maximum absolute atomic E-state index is 5.50. The fraction of sp³-hybridized carbons (Fsp3) is 0.348. The smallest absolute Gasteiger partial charge is 0.231 e. The van der Waals surface area contributed by atoms with Crippen molar-refractivity contribution in [1.29, 1.82) is 0 Å². The zero-order valence-electron chi connectivity index (χ0n) is 18.3. The molecule has 0 aliphatic carbocycles. The third-order valence-corrected chi connectivity index (χ3v) is 8.28. The van der Waals surface area contributed by atoms with E-state index in [9.17, 15) is 0 Å². The third kappa shape index (κ3) is 4.04. The van der Waals surface area contributed by atoms with Gasteiger partial charge in [0.25, 0.3) is 0 Å². The summed E-state index contributed by atoms with van der Waals surface area (Å²) in [5.41, 5.74) is 4.69. The topological polar surface area (TPSA) is 62.1 Å². The van der Waals surface area contributed by atoms with E-state index >= 15 is 0 Å². The summed E-state index contributed by atoms with van der Waals surface area (Å²) in [4.78, 5) is 6.20. The second-order valence-corrected chi connectivity index (χ2v) is 10.4. The maximum Gasteiger partial charge on any atom is 0.231 e. The zero-order valence-corrected chi connectivity index (χ0v) is 20.7. The molecule has 0 amide bonds. The van der Waals surface area contributed by atoms with Crippen LogP contribution in [0.15, 0.2) is 34.1 Å². The molecule has 4 heterocycles. The van der Waals surface area contributed by atoms with Crippen LogP contribution in [0, 0.1) is 6.92 Å². The van der Waals surface area contributed by atoms with Crippen molar-refractivity contribution in [3.8, 4) is 33.5 Å². The molecule has 3 aromatic heterocycles. The summed E-state index contributed by atoms with van der Waals surface area (Å²) >= 11 is 5.13. The van der Waals surface area contributed by atoms with Gasteiger partial charge in [-0.2, -0.15) is 0 Å². The van der Waals surface area contributed by atoms with E-state index in [1.165, 1.54) is 16.0 Å². The average Bonchev–Trinajstić information content (AvgIpc) is 3.58. The number of fused-ring (bicyclic) bond motifs is 1. The molecular formula is C23H24N4O2S3. The molecule has 0 spiro atoms. The molecule has 0 unspecified atom stereocenters. The van der Waals surface area contributed by atoms with Crippen molar-refractivity contribution in [2.45, 2.75) is 51.1 Å². The van der Waals surface area contributed by atoms with Gasteiger partial charge >= 0.3 is 0 Å². The summed E-state index contributed by atoms with van der Waals surface area (Å²) < 4.78 is 13.2. The molecule has 1 aliphatic heterocycles. The Hall–Kier alpha value is -2.36. The average molecular weight is 485 g/mol. The molecule has 1 aliphatic rings. The van der Waals surface area contributed by atoms with E-state index in [1.807, 2.05) is 18.2 Å². The summed E-state index contributed by atoms with van der Waals surface area (Å²) in [6.07, 6.45) is 2.04. The molecular weight excluding hydrogens is 460 g/mol. The molecule has 32 heavy (non-hydrogen) atoms. The van der Waals surface area contributed by atoms with Crippen LogP contribution in [0.3, 0.4) is 0 Å². The van der Waals surface area contributed by atoms with Crippen molar-refractivity contribution in [1.82, 2.24) is 19.7 Å². The highest BCUT2D eigenvalue weighted by Gasteiger charge is 2.19. The van der Waals surface area contributed by atoms with Gasteiger partial charge < -0.3 is 14.0 Å². The van der Waals surface area contributed by atoms with Crippen LogP contribution in [-0.4, -0.2) is 26.5 Å². The number of thiophene rings is 1. The molecule has 166 valence electrons.